The molecule has 2 heterocycles. The summed E-state index contributed by atoms with van der Waals surface area (Å²) in [5, 5.41) is 36.0. The van der Waals surface area contributed by atoms with E-state index in [1.54, 1.807) is 24.3 Å². The summed E-state index contributed by atoms with van der Waals surface area (Å²) in [5.74, 6) is -9.83. The van der Waals surface area contributed by atoms with E-state index in [1.165, 1.54) is 0 Å². The minimum Gasteiger partial charge on any atom is -0.345 e. The molecule has 0 saturated heterocycles. The summed E-state index contributed by atoms with van der Waals surface area (Å²) < 4.78 is 93.6. The highest BCUT2D eigenvalue weighted by Crippen LogP contribution is 2.57. The third-order valence-electron chi connectivity index (χ3n) is 6.09. The maximum Gasteiger partial charge on any atom is 0.170 e. The fraction of sp³-hybridized carbons (Fsp3) is 0. The molecule has 0 fully saturated rings. The number of benzene rings is 4. The number of nitrogens with zero attached hydrogens (tertiary/aromatic N) is 4. The van der Waals surface area contributed by atoms with Crippen molar-refractivity contribution in [1.29, 1.82) is 21.0 Å². The number of nitrogens with one attached hydrogen (secondary N) is 2. The van der Waals surface area contributed by atoms with Gasteiger partial charge in [0, 0.05) is 21.5 Å². The maximum atomic E-state index is 15.8. The lowest BCUT2D eigenvalue weighted by atomic mass is 9.90. The molecule has 0 bridgehead atoms. The van der Waals surface area contributed by atoms with Crippen LogP contribution in [0, 0.1) is 80.2 Å². The molecule has 0 unspecified atom stereocenters. The first-order valence-electron chi connectivity index (χ1n) is 10.1. The summed E-state index contributed by atoms with van der Waals surface area (Å²) in [6.07, 6.45) is 0. The van der Waals surface area contributed by atoms with Crippen LogP contribution in [-0.4, -0.2) is 0 Å². The van der Waals surface area contributed by atoms with Crippen molar-refractivity contribution in [1.82, 2.24) is 0 Å². The minimum absolute atomic E-state index is 0.248. The van der Waals surface area contributed by atoms with Crippen LogP contribution in [0.15, 0.2) is 31.0 Å². The molecule has 0 spiro atoms. The monoisotopic (exact) mass is 552 g/mol. The fourth-order valence-corrected chi connectivity index (χ4v) is 6.73. The van der Waals surface area contributed by atoms with Crippen molar-refractivity contribution in [3.05, 3.63) is 56.1 Å². The minimum atomic E-state index is -1.88. The Labute approximate surface area is 215 Å². The van der Waals surface area contributed by atoms with E-state index < -0.39 is 89.7 Å². The molecule has 0 atom stereocenters. The zero-order valence-electron chi connectivity index (χ0n) is 17.9. The van der Waals surface area contributed by atoms with Crippen LogP contribution >= 0.6 is 23.5 Å². The van der Waals surface area contributed by atoms with E-state index in [1.807, 2.05) is 0 Å². The van der Waals surface area contributed by atoms with Gasteiger partial charge in [-0.05, 0) is 0 Å². The van der Waals surface area contributed by atoms with Gasteiger partial charge in [-0.3, -0.25) is 0 Å². The first-order valence-corrected chi connectivity index (χ1v) is 11.7. The Morgan fingerprint density at radius 1 is 0.474 bits per heavy atom. The van der Waals surface area contributed by atoms with Gasteiger partial charge in [-0.1, -0.05) is 23.5 Å². The van der Waals surface area contributed by atoms with E-state index >= 15 is 26.3 Å². The van der Waals surface area contributed by atoms with Crippen molar-refractivity contribution in [2.24, 2.45) is 0 Å². The number of hydrogen-bond acceptors (Lipinski definition) is 8. The molecule has 4 aromatic rings. The molecule has 0 aromatic heterocycles. The second kappa shape index (κ2) is 7.87. The lowest BCUT2D eigenvalue weighted by molar-refractivity contribution is 0.512. The van der Waals surface area contributed by atoms with Crippen molar-refractivity contribution in [3.8, 4) is 24.3 Å². The molecule has 6 nitrogen and oxygen atoms in total. The SMILES string of the molecule is N#CC(C#N)=C1Nc2c(F)c3c(F)c(F)c4c(F)c5c(c6c(F)c(F)c(c2S1)c3c46)SC(=C(C#N)C#N)N5. The molecule has 2 aliphatic heterocycles. The third-order valence-corrected chi connectivity index (χ3v) is 8.33. The van der Waals surface area contributed by atoms with Gasteiger partial charge in [0.1, 0.15) is 34.3 Å². The molecule has 38 heavy (non-hydrogen) atoms. The largest absolute Gasteiger partial charge is 0.345 e. The van der Waals surface area contributed by atoms with E-state index in [2.05, 4.69) is 10.6 Å². The summed E-state index contributed by atoms with van der Waals surface area (Å²) in [6.45, 7) is 0. The molecule has 2 aliphatic rings. The number of hydrogen-bond donors (Lipinski definition) is 2. The summed E-state index contributed by atoms with van der Waals surface area (Å²) in [5.41, 5.74) is -2.29. The van der Waals surface area contributed by atoms with Gasteiger partial charge in [-0.2, -0.15) is 21.0 Å². The Morgan fingerprint density at radius 3 is 1.11 bits per heavy atom. The third kappa shape index (κ3) is 2.68. The quantitative estimate of drug-likeness (QED) is 0.136. The summed E-state index contributed by atoms with van der Waals surface area (Å²) in [7, 11) is 0. The molecule has 4 aromatic carbocycles. The smallest absolute Gasteiger partial charge is 0.170 e. The molecule has 182 valence electrons. The fourth-order valence-electron chi connectivity index (χ4n) is 4.56. The van der Waals surface area contributed by atoms with Crippen LogP contribution in [0.2, 0.25) is 0 Å². The lowest BCUT2D eigenvalue weighted by Crippen LogP contribution is -2.05. The molecule has 2 N–H and O–H groups in total. The second-order valence-corrected chi connectivity index (χ2v) is 9.89. The summed E-state index contributed by atoms with van der Waals surface area (Å²) >= 11 is 1.01. The van der Waals surface area contributed by atoms with Gasteiger partial charge in [0.2, 0.25) is 0 Å². The first-order chi connectivity index (χ1) is 18.2. The van der Waals surface area contributed by atoms with Gasteiger partial charge in [-0.25, -0.2) is 26.3 Å². The topological polar surface area (TPSA) is 119 Å². The van der Waals surface area contributed by atoms with E-state index in [0.717, 1.165) is 0 Å². The Balaban J connectivity index is 1.87. The highest BCUT2D eigenvalue weighted by atomic mass is 32.2. The highest BCUT2D eigenvalue weighted by Gasteiger charge is 2.38. The van der Waals surface area contributed by atoms with Crippen LogP contribution in [0.5, 0.6) is 0 Å². The van der Waals surface area contributed by atoms with E-state index in [4.69, 9.17) is 21.0 Å². The van der Waals surface area contributed by atoms with Crippen molar-refractivity contribution in [2.45, 2.75) is 9.79 Å². The number of nitriles is 4. The Morgan fingerprint density at radius 2 is 0.789 bits per heavy atom. The molecular weight excluding hydrogens is 550 g/mol. The van der Waals surface area contributed by atoms with Crippen molar-refractivity contribution in [3.63, 3.8) is 0 Å². The van der Waals surface area contributed by atoms with Crippen LogP contribution in [0.4, 0.5) is 37.7 Å². The highest BCUT2D eigenvalue weighted by molar-refractivity contribution is 8.04. The summed E-state index contributed by atoms with van der Waals surface area (Å²) in [4.78, 5) is -0.718. The van der Waals surface area contributed by atoms with Crippen LogP contribution in [-0.2, 0) is 0 Å². The summed E-state index contributed by atoms with van der Waals surface area (Å²) in [6, 6.07) is 6.23. The average Bonchev–Trinajstić information content (AvgIpc) is 3.53. The van der Waals surface area contributed by atoms with Gasteiger partial charge in [-0.15, -0.1) is 0 Å². The van der Waals surface area contributed by atoms with Crippen LogP contribution < -0.4 is 10.6 Å². The Kier molecular flexibility index (Phi) is 4.89. The van der Waals surface area contributed by atoms with Gasteiger partial charge >= 0.3 is 0 Å². The van der Waals surface area contributed by atoms with Crippen molar-refractivity contribution >= 4 is 67.2 Å². The molecular formula is C24H2F6N6S2. The van der Waals surface area contributed by atoms with Gasteiger partial charge in [0.25, 0.3) is 0 Å². The number of rotatable bonds is 0. The van der Waals surface area contributed by atoms with Gasteiger partial charge < -0.3 is 10.6 Å². The maximum absolute atomic E-state index is 15.8. The number of fused-ring (bicyclic) bond motifs is 4. The molecule has 6 rings (SSSR count). The van der Waals surface area contributed by atoms with Crippen molar-refractivity contribution in [2.75, 3.05) is 10.6 Å². The molecule has 0 amide bonds. The second-order valence-electron chi connectivity index (χ2n) is 7.85. The van der Waals surface area contributed by atoms with E-state index in [-0.39, 0.29) is 19.8 Å². The first kappa shape index (κ1) is 23.6. The van der Waals surface area contributed by atoms with Gasteiger partial charge in [0.05, 0.1) is 31.9 Å². The lowest BCUT2D eigenvalue weighted by Gasteiger charge is -2.19. The number of allylic oxidation sites excluding steroid dienone is 2. The zero-order valence-corrected chi connectivity index (χ0v) is 19.5. The Hall–Kier alpha value is -4.76. The molecule has 0 radical (unpaired) electrons. The standard InChI is InChI=1S/C24H2F6N6S2/c25-13-9-7-8-10(14(13)26)18(30)20-22(38-24(36-20)6(3-33)4-34)12(8)16(28)15(27)11(7)21-19(17(9)29)35-23(37-21)5(1-31)2-32/h35-36H. The molecule has 0 saturated carbocycles. The predicted octanol–water partition coefficient (Wildman–Crippen LogP) is 6.97. The Bertz CT molecular complexity index is 1910. The van der Waals surface area contributed by atoms with Crippen molar-refractivity contribution < 1.29 is 26.3 Å². The van der Waals surface area contributed by atoms with Crippen LogP contribution in [0.25, 0.3) is 32.3 Å². The normalized spacial score (nSPS) is 13.5. The number of anilines is 2. The zero-order chi connectivity index (χ0) is 27.2. The molecule has 0 aliphatic carbocycles. The van der Waals surface area contributed by atoms with E-state index in [9.17, 15) is 0 Å². The average molecular weight is 552 g/mol. The predicted molar refractivity (Wildman–Crippen MR) is 125 cm³/mol. The number of thioether (sulfide) groups is 2. The molecule has 14 heteroatoms. The van der Waals surface area contributed by atoms with Crippen LogP contribution in [0.1, 0.15) is 0 Å². The van der Waals surface area contributed by atoms with Gasteiger partial charge in [0.15, 0.2) is 46.0 Å². The van der Waals surface area contributed by atoms with Crippen LogP contribution in [0.3, 0.4) is 0 Å². The number of halogens is 6. The van der Waals surface area contributed by atoms with E-state index in [0.29, 0.717) is 23.5 Å².